The molecule has 0 fully saturated rings. The van der Waals surface area contributed by atoms with Gasteiger partial charge in [0, 0.05) is 16.5 Å². The smallest absolute Gasteiger partial charge is 0.283 e. The molecule has 3 aromatic heterocycles. The predicted molar refractivity (Wildman–Crippen MR) is 96.0 cm³/mol. The molecule has 0 saturated carbocycles. The number of nitrogens with zero attached hydrogens (tertiary/aromatic N) is 3. The maximum Gasteiger partial charge on any atom is 0.283 e. The predicted octanol–water partition coefficient (Wildman–Crippen LogP) is 4.39. The third-order valence-corrected chi connectivity index (χ3v) is 4.79. The minimum atomic E-state index is -0.523. The first-order chi connectivity index (χ1) is 12.1. The van der Waals surface area contributed by atoms with Gasteiger partial charge in [-0.05, 0) is 24.3 Å². The number of halogens is 2. The number of thiophene rings is 1. The highest BCUT2D eigenvalue weighted by Crippen LogP contribution is 2.30. The van der Waals surface area contributed by atoms with Crippen molar-refractivity contribution in [1.29, 1.82) is 0 Å². The summed E-state index contributed by atoms with van der Waals surface area (Å²) in [5, 5.41) is 6.43. The molecule has 25 heavy (non-hydrogen) atoms. The van der Waals surface area contributed by atoms with E-state index in [-0.39, 0.29) is 16.1 Å². The van der Waals surface area contributed by atoms with Gasteiger partial charge in [0.25, 0.3) is 5.56 Å². The number of rotatable bonds is 3. The second-order valence-electron chi connectivity index (χ2n) is 5.08. The van der Waals surface area contributed by atoms with Crippen LogP contribution >= 0.6 is 22.9 Å². The maximum atomic E-state index is 13.8. The molecular weight excluding hydrogens is 365 g/mol. The van der Waals surface area contributed by atoms with Gasteiger partial charge in [-0.15, -0.1) is 11.3 Å². The molecule has 0 unspecified atom stereocenters. The number of aromatic nitrogens is 2. The number of furan rings is 1. The topological polar surface area (TPSA) is 60.4 Å². The van der Waals surface area contributed by atoms with E-state index in [0.717, 1.165) is 4.68 Å². The van der Waals surface area contributed by atoms with Crippen LogP contribution in [0.25, 0.3) is 21.5 Å². The standard InChI is InChI=1S/C17H9ClFN3O2S/c18-12-3-1-4-13(19)10(12)7-21-22-9-20-16-15(17(22)23)11(8-25-16)14-5-2-6-24-14/h1-9H/b21-7-. The quantitative estimate of drug-likeness (QED) is 0.500. The summed E-state index contributed by atoms with van der Waals surface area (Å²) in [6.07, 6.45) is 4.02. The van der Waals surface area contributed by atoms with Crippen molar-refractivity contribution in [3.63, 3.8) is 0 Å². The second-order valence-corrected chi connectivity index (χ2v) is 6.35. The molecule has 1 aromatic carbocycles. The van der Waals surface area contributed by atoms with Crippen LogP contribution in [0.15, 0.2) is 62.6 Å². The number of benzene rings is 1. The highest BCUT2D eigenvalue weighted by molar-refractivity contribution is 7.17. The Labute approximate surface area is 149 Å². The first kappa shape index (κ1) is 15.7. The minimum Gasteiger partial charge on any atom is -0.464 e. The minimum absolute atomic E-state index is 0.104. The fourth-order valence-corrected chi connectivity index (χ4v) is 3.47. The van der Waals surface area contributed by atoms with E-state index in [2.05, 4.69) is 10.1 Å². The largest absolute Gasteiger partial charge is 0.464 e. The van der Waals surface area contributed by atoms with Crippen molar-refractivity contribution in [2.75, 3.05) is 0 Å². The third-order valence-electron chi connectivity index (χ3n) is 3.58. The van der Waals surface area contributed by atoms with Crippen LogP contribution < -0.4 is 5.56 Å². The van der Waals surface area contributed by atoms with Crippen molar-refractivity contribution < 1.29 is 8.81 Å². The first-order valence-corrected chi connectivity index (χ1v) is 8.42. The van der Waals surface area contributed by atoms with E-state index in [9.17, 15) is 9.18 Å². The Balaban J connectivity index is 1.84. The fourth-order valence-electron chi connectivity index (χ4n) is 2.37. The summed E-state index contributed by atoms with van der Waals surface area (Å²) in [6, 6.07) is 7.82. The summed E-state index contributed by atoms with van der Waals surface area (Å²) < 4.78 is 20.2. The van der Waals surface area contributed by atoms with Gasteiger partial charge in [0.05, 0.1) is 22.9 Å². The highest BCUT2D eigenvalue weighted by atomic mass is 35.5. The Morgan fingerprint density at radius 2 is 2.20 bits per heavy atom. The molecule has 0 N–H and O–H groups in total. The zero-order chi connectivity index (χ0) is 17.4. The molecule has 4 aromatic rings. The molecule has 124 valence electrons. The van der Waals surface area contributed by atoms with Gasteiger partial charge in [-0.3, -0.25) is 4.79 Å². The van der Waals surface area contributed by atoms with Crippen LogP contribution in [0.3, 0.4) is 0 Å². The van der Waals surface area contributed by atoms with Gasteiger partial charge in [0.2, 0.25) is 0 Å². The van der Waals surface area contributed by atoms with Crippen molar-refractivity contribution >= 4 is 39.4 Å². The van der Waals surface area contributed by atoms with E-state index in [4.69, 9.17) is 16.0 Å². The lowest BCUT2D eigenvalue weighted by Gasteiger charge is -2.01. The lowest BCUT2D eigenvalue weighted by Crippen LogP contribution is -2.16. The van der Waals surface area contributed by atoms with Crippen LogP contribution in [0, 0.1) is 5.82 Å². The first-order valence-electron chi connectivity index (χ1n) is 7.16. The van der Waals surface area contributed by atoms with Crippen LogP contribution in [0.2, 0.25) is 5.02 Å². The van der Waals surface area contributed by atoms with Gasteiger partial charge in [-0.1, -0.05) is 17.7 Å². The van der Waals surface area contributed by atoms with E-state index < -0.39 is 5.82 Å². The molecule has 0 aliphatic rings. The molecule has 0 bridgehead atoms. The monoisotopic (exact) mass is 373 g/mol. The number of fused-ring (bicyclic) bond motifs is 1. The molecule has 0 atom stereocenters. The van der Waals surface area contributed by atoms with Gasteiger partial charge < -0.3 is 4.42 Å². The summed E-state index contributed by atoms with van der Waals surface area (Å²) in [6.45, 7) is 0. The van der Waals surface area contributed by atoms with Crippen LogP contribution in [0.4, 0.5) is 4.39 Å². The van der Waals surface area contributed by atoms with E-state index >= 15 is 0 Å². The van der Waals surface area contributed by atoms with Crippen molar-refractivity contribution in [1.82, 2.24) is 9.66 Å². The lowest BCUT2D eigenvalue weighted by molar-refractivity contribution is 0.583. The molecule has 0 spiro atoms. The summed E-state index contributed by atoms with van der Waals surface area (Å²) >= 11 is 7.30. The fraction of sp³-hybridized carbons (Fsp3) is 0. The molecule has 0 aliphatic heterocycles. The van der Waals surface area contributed by atoms with E-state index in [1.165, 1.54) is 42.3 Å². The third kappa shape index (κ3) is 2.77. The average molecular weight is 374 g/mol. The number of hydrogen-bond acceptors (Lipinski definition) is 5. The molecular formula is C17H9ClFN3O2S. The van der Waals surface area contributed by atoms with Gasteiger partial charge in [0.15, 0.2) is 0 Å². The van der Waals surface area contributed by atoms with Crippen LogP contribution in [-0.2, 0) is 0 Å². The molecule has 4 rings (SSSR count). The summed E-state index contributed by atoms with van der Waals surface area (Å²) in [5.41, 5.74) is 0.380. The molecule has 8 heteroatoms. The van der Waals surface area contributed by atoms with Gasteiger partial charge >= 0.3 is 0 Å². The zero-order valence-electron chi connectivity index (χ0n) is 12.5. The molecule has 3 heterocycles. The van der Waals surface area contributed by atoms with Crippen molar-refractivity contribution in [3.05, 3.63) is 75.1 Å². The van der Waals surface area contributed by atoms with Crippen molar-refractivity contribution in [3.8, 4) is 11.3 Å². The van der Waals surface area contributed by atoms with Crippen LogP contribution in [0.5, 0.6) is 0 Å². The van der Waals surface area contributed by atoms with Gasteiger partial charge in [0.1, 0.15) is 22.7 Å². The Bertz CT molecular complexity index is 1130. The Morgan fingerprint density at radius 1 is 1.32 bits per heavy atom. The number of hydrogen-bond donors (Lipinski definition) is 0. The van der Waals surface area contributed by atoms with E-state index in [1.807, 2.05) is 0 Å². The van der Waals surface area contributed by atoms with Gasteiger partial charge in [-0.2, -0.15) is 9.78 Å². The van der Waals surface area contributed by atoms with Crippen molar-refractivity contribution in [2.24, 2.45) is 5.10 Å². The summed E-state index contributed by atoms with van der Waals surface area (Å²) in [4.78, 5) is 17.5. The molecule has 5 nitrogen and oxygen atoms in total. The SMILES string of the molecule is O=c1c2c(-c3ccco3)csc2ncn1/N=C\c1c(F)cccc1Cl. The molecule has 0 radical (unpaired) electrons. The zero-order valence-corrected chi connectivity index (χ0v) is 14.1. The van der Waals surface area contributed by atoms with Crippen molar-refractivity contribution in [2.45, 2.75) is 0 Å². The molecule has 0 aliphatic carbocycles. The maximum absolute atomic E-state index is 13.8. The summed E-state index contributed by atoms with van der Waals surface area (Å²) in [5.74, 6) is 0.0502. The Hall–Kier alpha value is -2.77. The Morgan fingerprint density at radius 3 is 2.96 bits per heavy atom. The Kier molecular flexibility index (Phi) is 3.95. The molecule has 0 saturated heterocycles. The summed E-state index contributed by atoms with van der Waals surface area (Å²) in [7, 11) is 0. The van der Waals surface area contributed by atoms with Crippen LogP contribution in [0.1, 0.15) is 5.56 Å². The highest BCUT2D eigenvalue weighted by Gasteiger charge is 2.15. The average Bonchev–Trinajstić information content (AvgIpc) is 3.25. The van der Waals surface area contributed by atoms with E-state index in [1.54, 1.807) is 23.6 Å². The van der Waals surface area contributed by atoms with Gasteiger partial charge in [-0.25, -0.2) is 9.37 Å². The molecule has 0 amide bonds. The van der Waals surface area contributed by atoms with E-state index in [0.29, 0.717) is 21.5 Å². The second kappa shape index (κ2) is 6.27. The normalized spacial score (nSPS) is 11.6. The van der Waals surface area contributed by atoms with Crippen LogP contribution in [-0.4, -0.2) is 15.9 Å². The lowest BCUT2D eigenvalue weighted by atomic mass is 10.2.